The van der Waals surface area contributed by atoms with Crippen LogP contribution in [0.25, 0.3) is 0 Å². The maximum absolute atomic E-state index is 11.5. The van der Waals surface area contributed by atoms with Gasteiger partial charge >= 0.3 is 0 Å². The normalized spacial score (nSPS) is 16.6. The van der Waals surface area contributed by atoms with Crippen molar-refractivity contribution in [2.75, 3.05) is 30.3 Å². The monoisotopic (exact) mass is 249 g/mol. The maximum atomic E-state index is 11.5. The number of aromatic nitrogens is 2. The average molecular weight is 249 g/mol. The number of hydrogen-bond acceptors (Lipinski definition) is 5. The van der Waals surface area contributed by atoms with E-state index in [1.165, 1.54) is 0 Å². The van der Waals surface area contributed by atoms with Crippen LogP contribution in [0.4, 0.5) is 11.6 Å². The van der Waals surface area contributed by atoms with Crippen molar-refractivity contribution in [3.63, 3.8) is 0 Å². The molecule has 18 heavy (non-hydrogen) atoms. The Bertz CT molecular complexity index is 446. The molecule has 6 heteroatoms. The Kier molecular flexibility index (Phi) is 3.64. The van der Waals surface area contributed by atoms with Crippen LogP contribution in [0.3, 0.4) is 0 Å². The minimum atomic E-state index is 0.0239. The van der Waals surface area contributed by atoms with Crippen LogP contribution >= 0.6 is 0 Å². The zero-order valence-electron chi connectivity index (χ0n) is 10.8. The number of nitrogens with zero attached hydrogens (tertiary/aromatic N) is 3. The van der Waals surface area contributed by atoms with E-state index in [-0.39, 0.29) is 11.8 Å². The van der Waals surface area contributed by atoms with Crippen LogP contribution in [0.5, 0.6) is 0 Å². The van der Waals surface area contributed by atoms with E-state index in [1.807, 2.05) is 18.7 Å². The smallest absolute Gasteiger partial charge is 0.239 e. The number of nitrogens with two attached hydrogens (primary N) is 1. The van der Waals surface area contributed by atoms with Crippen molar-refractivity contribution < 1.29 is 4.79 Å². The van der Waals surface area contributed by atoms with Crippen molar-refractivity contribution in [1.82, 2.24) is 15.3 Å². The summed E-state index contributed by atoms with van der Waals surface area (Å²) in [6.07, 6.45) is 0.909. The molecule has 1 fully saturated rings. The fourth-order valence-corrected chi connectivity index (χ4v) is 1.89. The molecule has 0 bridgehead atoms. The van der Waals surface area contributed by atoms with Crippen LogP contribution in [-0.4, -0.2) is 35.5 Å². The van der Waals surface area contributed by atoms with E-state index in [4.69, 9.17) is 5.73 Å². The maximum Gasteiger partial charge on any atom is 0.239 e. The summed E-state index contributed by atoms with van der Waals surface area (Å²) in [7, 11) is 0. The molecule has 0 saturated carbocycles. The second kappa shape index (κ2) is 5.20. The van der Waals surface area contributed by atoms with E-state index in [1.54, 1.807) is 6.07 Å². The first-order valence-corrected chi connectivity index (χ1v) is 6.22. The van der Waals surface area contributed by atoms with Crippen molar-refractivity contribution in [3.05, 3.63) is 11.9 Å². The summed E-state index contributed by atoms with van der Waals surface area (Å²) in [5.74, 6) is 2.15. The molecule has 98 valence electrons. The molecule has 1 aromatic rings. The van der Waals surface area contributed by atoms with Gasteiger partial charge in [0.2, 0.25) is 5.91 Å². The van der Waals surface area contributed by atoms with Crippen LogP contribution in [0.2, 0.25) is 0 Å². The molecular formula is C12H19N5O. The summed E-state index contributed by atoms with van der Waals surface area (Å²) in [5, 5.41) is 2.84. The fourth-order valence-electron chi connectivity index (χ4n) is 1.89. The summed E-state index contributed by atoms with van der Waals surface area (Å²) in [6, 6.07) is 1.73. The summed E-state index contributed by atoms with van der Waals surface area (Å²) >= 11 is 0. The standard InChI is InChI=1S/C12H19N5O/c1-8(2)12-15-9(13)6-10(16-12)17-5-3-4-14-11(18)7-17/h6,8H,3-5,7H2,1-2H3,(H,14,18)(H2,13,15,16). The van der Waals surface area contributed by atoms with E-state index in [9.17, 15) is 4.79 Å². The quantitative estimate of drug-likeness (QED) is 0.797. The predicted molar refractivity (Wildman–Crippen MR) is 70.4 cm³/mol. The second-order valence-electron chi connectivity index (χ2n) is 4.79. The second-order valence-corrected chi connectivity index (χ2v) is 4.79. The number of anilines is 2. The minimum absolute atomic E-state index is 0.0239. The molecule has 6 nitrogen and oxygen atoms in total. The Morgan fingerprint density at radius 2 is 2.22 bits per heavy atom. The van der Waals surface area contributed by atoms with Crippen molar-refractivity contribution in [1.29, 1.82) is 0 Å². The molecule has 0 atom stereocenters. The highest BCUT2D eigenvalue weighted by atomic mass is 16.2. The van der Waals surface area contributed by atoms with Crippen molar-refractivity contribution >= 4 is 17.5 Å². The zero-order valence-corrected chi connectivity index (χ0v) is 10.8. The van der Waals surface area contributed by atoms with Gasteiger partial charge in [-0.25, -0.2) is 9.97 Å². The fraction of sp³-hybridized carbons (Fsp3) is 0.583. The van der Waals surface area contributed by atoms with Crippen LogP contribution < -0.4 is 16.0 Å². The van der Waals surface area contributed by atoms with Crippen molar-refractivity contribution in [2.24, 2.45) is 0 Å². The molecule has 2 rings (SSSR count). The van der Waals surface area contributed by atoms with Crippen molar-refractivity contribution in [2.45, 2.75) is 26.2 Å². The lowest BCUT2D eigenvalue weighted by atomic mass is 10.2. The van der Waals surface area contributed by atoms with Gasteiger partial charge in [-0.1, -0.05) is 13.8 Å². The zero-order chi connectivity index (χ0) is 13.1. The summed E-state index contributed by atoms with van der Waals surface area (Å²) in [6.45, 7) is 5.88. The lowest BCUT2D eigenvalue weighted by Crippen LogP contribution is -2.33. The molecule has 1 saturated heterocycles. The molecule has 0 unspecified atom stereocenters. The van der Waals surface area contributed by atoms with Gasteiger partial charge in [0, 0.05) is 25.1 Å². The molecule has 2 heterocycles. The third-order valence-electron chi connectivity index (χ3n) is 2.85. The average Bonchev–Trinajstić information content (AvgIpc) is 2.53. The number of hydrogen-bond donors (Lipinski definition) is 2. The van der Waals surface area contributed by atoms with Gasteiger partial charge in [-0.15, -0.1) is 0 Å². The first kappa shape index (κ1) is 12.6. The highest BCUT2D eigenvalue weighted by Crippen LogP contribution is 2.19. The van der Waals surface area contributed by atoms with Crippen LogP contribution in [0.15, 0.2) is 6.07 Å². The van der Waals surface area contributed by atoms with E-state index in [2.05, 4.69) is 15.3 Å². The number of carbonyl (C=O) groups excluding carboxylic acids is 1. The van der Waals surface area contributed by atoms with E-state index in [0.717, 1.165) is 24.6 Å². The molecule has 1 amide bonds. The minimum Gasteiger partial charge on any atom is -0.384 e. The van der Waals surface area contributed by atoms with Crippen LogP contribution in [0, 0.1) is 0 Å². The number of nitrogens with one attached hydrogen (secondary N) is 1. The van der Waals surface area contributed by atoms with Gasteiger partial charge < -0.3 is 16.0 Å². The Morgan fingerprint density at radius 3 is 2.94 bits per heavy atom. The molecule has 0 aromatic carbocycles. The Balaban J connectivity index is 2.28. The van der Waals surface area contributed by atoms with E-state index < -0.39 is 0 Å². The van der Waals surface area contributed by atoms with E-state index in [0.29, 0.717) is 18.9 Å². The van der Waals surface area contributed by atoms with Crippen LogP contribution in [0.1, 0.15) is 32.0 Å². The Morgan fingerprint density at radius 1 is 1.44 bits per heavy atom. The van der Waals surface area contributed by atoms with Gasteiger partial charge in [-0.3, -0.25) is 4.79 Å². The Hall–Kier alpha value is -1.85. The van der Waals surface area contributed by atoms with Gasteiger partial charge in [-0.05, 0) is 6.42 Å². The number of amides is 1. The largest absolute Gasteiger partial charge is 0.384 e. The number of nitrogen functional groups attached to an aromatic ring is 1. The molecule has 1 aliphatic rings. The Labute approximate surface area is 107 Å². The number of rotatable bonds is 2. The number of carbonyl (C=O) groups is 1. The van der Waals surface area contributed by atoms with E-state index >= 15 is 0 Å². The lowest BCUT2D eigenvalue weighted by Gasteiger charge is -2.21. The molecule has 0 radical (unpaired) electrons. The third kappa shape index (κ3) is 2.88. The predicted octanol–water partition coefficient (Wildman–Crippen LogP) is 0.508. The van der Waals surface area contributed by atoms with Crippen LogP contribution in [-0.2, 0) is 4.79 Å². The molecule has 1 aromatic heterocycles. The van der Waals surface area contributed by atoms with Crippen molar-refractivity contribution in [3.8, 4) is 0 Å². The van der Waals surface area contributed by atoms with Gasteiger partial charge in [-0.2, -0.15) is 0 Å². The van der Waals surface area contributed by atoms with Gasteiger partial charge in [0.1, 0.15) is 17.5 Å². The van der Waals surface area contributed by atoms with Gasteiger partial charge in [0.15, 0.2) is 0 Å². The lowest BCUT2D eigenvalue weighted by molar-refractivity contribution is -0.119. The third-order valence-corrected chi connectivity index (χ3v) is 2.85. The van der Waals surface area contributed by atoms with Gasteiger partial charge in [0.05, 0.1) is 6.54 Å². The molecule has 0 aliphatic carbocycles. The molecule has 3 N–H and O–H groups in total. The SMILES string of the molecule is CC(C)c1nc(N)cc(N2CCCNC(=O)C2)n1. The molecular weight excluding hydrogens is 230 g/mol. The highest BCUT2D eigenvalue weighted by molar-refractivity contribution is 5.81. The van der Waals surface area contributed by atoms with Gasteiger partial charge in [0.25, 0.3) is 0 Å². The summed E-state index contributed by atoms with van der Waals surface area (Å²) in [5.41, 5.74) is 5.80. The molecule has 1 aliphatic heterocycles. The summed E-state index contributed by atoms with van der Waals surface area (Å²) in [4.78, 5) is 22.2. The highest BCUT2D eigenvalue weighted by Gasteiger charge is 2.17. The molecule has 0 spiro atoms. The summed E-state index contributed by atoms with van der Waals surface area (Å²) < 4.78 is 0. The first-order valence-electron chi connectivity index (χ1n) is 6.22. The topological polar surface area (TPSA) is 84.1 Å². The first-order chi connectivity index (χ1) is 8.56.